The quantitative estimate of drug-likeness (QED) is 0.899. The summed E-state index contributed by atoms with van der Waals surface area (Å²) in [5, 5.41) is 2.75. The molecule has 0 saturated carbocycles. The number of hydrogen-bond acceptors (Lipinski definition) is 3. The van der Waals surface area contributed by atoms with Gasteiger partial charge in [-0.15, -0.1) is 0 Å². The Morgan fingerprint density at radius 3 is 2.38 bits per heavy atom. The van der Waals surface area contributed by atoms with E-state index in [2.05, 4.69) is 21.2 Å². The number of sulfone groups is 1. The van der Waals surface area contributed by atoms with Crippen LogP contribution in [0.3, 0.4) is 0 Å². The minimum atomic E-state index is -3.24. The normalized spacial score (nSPS) is 11.1. The Morgan fingerprint density at radius 1 is 1.14 bits per heavy atom. The Balaban J connectivity index is 2.17. The lowest BCUT2D eigenvalue weighted by Gasteiger charge is -2.07. The van der Waals surface area contributed by atoms with E-state index in [1.54, 1.807) is 19.1 Å². The van der Waals surface area contributed by atoms with Crippen molar-refractivity contribution in [2.75, 3.05) is 11.1 Å². The van der Waals surface area contributed by atoms with Gasteiger partial charge in [0.1, 0.15) is 0 Å². The number of anilines is 1. The summed E-state index contributed by atoms with van der Waals surface area (Å²) in [4.78, 5) is 12.3. The largest absolute Gasteiger partial charge is 0.322 e. The van der Waals surface area contributed by atoms with Crippen LogP contribution in [0.15, 0.2) is 57.9 Å². The zero-order valence-electron chi connectivity index (χ0n) is 11.3. The molecule has 0 spiro atoms. The van der Waals surface area contributed by atoms with E-state index in [1.165, 1.54) is 24.3 Å². The minimum Gasteiger partial charge on any atom is -0.322 e. The third-order valence-electron chi connectivity index (χ3n) is 2.94. The minimum absolute atomic E-state index is 0.0383. The molecular weight excluding hydrogens is 354 g/mol. The van der Waals surface area contributed by atoms with Crippen LogP contribution < -0.4 is 5.32 Å². The highest BCUT2D eigenvalue weighted by Crippen LogP contribution is 2.17. The molecule has 0 aliphatic carbocycles. The molecule has 0 aliphatic heterocycles. The first kappa shape index (κ1) is 15.7. The maximum atomic E-state index is 12.1. The van der Waals surface area contributed by atoms with E-state index < -0.39 is 9.84 Å². The van der Waals surface area contributed by atoms with Gasteiger partial charge < -0.3 is 5.32 Å². The molecule has 0 saturated heterocycles. The Hall–Kier alpha value is -1.66. The van der Waals surface area contributed by atoms with Gasteiger partial charge in [-0.3, -0.25) is 4.79 Å². The van der Waals surface area contributed by atoms with Crippen molar-refractivity contribution >= 4 is 37.4 Å². The van der Waals surface area contributed by atoms with Crippen molar-refractivity contribution in [3.8, 4) is 0 Å². The van der Waals surface area contributed by atoms with Gasteiger partial charge in [0.2, 0.25) is 0 Å². The third-order valence-corrected chi connectivity index (χ3v) is 5.18. The Labute approximate surface area is 132 Å². The van der Waals surface area contributed by atoms with E-state index in [0.717, 1.165) is 4.47 Å². The lowest BCUT2D eigenvalue weighted by Crippen LogP contribution is -2.12. The van der Waals surface area contributed by atoms with E-state index in [4.69, 9.17) is 0 Å². The first-order valence-electron chi connectivity index (χ1n) is 6.32. The fraction of sp³-hybridized carbons (Fsp3) is 0.133. The van der Waals surface area contributed by atoms with Crippen molar-refractivity contribution < 1.29 is 13.2 Å². The summed E-state index contributed by atoms with van der Waals surface area (Å²) in [5.41, 5.74) is 1.07. The number of nitrogens with one attached hydrogen (secondary N) is 1. The SMILES string of the molecule is CCS(=O)(=O)c1ccc(C(=O)Nc2cccc(Br)c2)cc1. The maximum Gasteiger partial charge on any atom is 0.255 e. The van der Waals surface area contributed by atoms with Gasteiger partial charge in [0.15, 0.2) is 9.84 Å². The van der Waals surface area contributed by atoms with Crippen LogP contribution in [0.1, 0.15) is 17.3 Å². The summed E-state index contributed by atoms with van der Waals surface area (Å²) in [6.45, 7) is 1.59. The molecule has 0 radical (unpaired) electrons. The van der Waals surface area contributed by atoms with Gasteiger partial charge in [0.05, 0.1) is 10.6 Å². The Kier molecular flexibility index (Phi) is 4.80. The second kappa shape index (κ2) is 6.41. The van der Waals surface area contributed by atoms with Gasteiger partial charge in [-0.1, -0.05) is 28.9 Å². The molecule has 0 aromatic heterocycles. The second-order valence-electron chi connectivity index (χ2n) is 4.39. The molecule has 0 bridgehead atoms. The molecule has 0 fully saturated rings. The molecule has 1 amide bonds. The zero-order chi connectivity index (χ0) is 15.5. The molecule has 0 atom stereocenters. The number of rotatable bonds is 4. The molecule has 4 nitrogen and oxygen atoms in total. The van der Waals surface area contributed by atoms with Crippen LogP contribution in [0.25, 0.3) is 0 Å². The molecule has 2 rings (SSSR count). The van der Waals surface area contributed by atoms with Crippen LogP contribution in [0.5, 0.6) is 0 Å². The lowest BCUT2D eigenvalue weighted by atomic mass is 10.2. The number of halogens is 1. The first-order valence-corrected chi connectivity index (χ1v) is 8.76. The number of carbonyl (C=O) groups excluding carboxylic acids is 1. The first-order chi connectivity index (χ1) is 9.92. The van der Waals surface area contributed by atoms with Gasteiger partial charge in [0.25, 0.3) is 5.91 Å². The van der Waals surface area contributed by atoms with E-state index in [1.807, 2.05) is 12.1 Å². The fourth-order valence-corrected chi connectivity index (χ4v) is 3.03. The monoisotopic (exact) mass is 367 g/mol. The van der Waals surface area contributed by atoms with Gasteiger partial charge in [0, 0.05) is 15.7 Å². The van der Waals surface area contributed by atoms with Crippen LogP contribution in [0, 0.1) is 0 Å². The fourth-order valence-electron chi connectivity index (χ4n) is 1.75. The highest BCUT2D eigenvalue weighted by atomic mass is 79.9. The van der Waals surface area contributed by atoms with Crippen LogP contribution in [0.4, 0.5) is 5.69 Å². The predicted octanol–water partition coefficient (Wildman–Crippen LogP) is 3.50. The summed E-state index contributed by atoms with van der Waals surface area (Å²) < 4.78 is 24.3. The Bertz CT molecular complexity index is 755. The topological polar surface area (TPSA) is 63.2 Å². The average Bonchev–Trinajstić information content (AvgIpc) is 2.47. The summed E-state index contributed by atoms with van der Waals surface area (Å²) in [6, 6.07) is 13.2. The summed E-state index contributed by atoms with van der Waals surface area (Å²) >= 11 is 3.33. The maximum absolute atomic E-state index is 12.1. The highest BCUT2D eigenvalue weighted by Gasteiger charge is 2.12. The number of benzene rings is 2. The van der Waals surface area contributed by atoms with Crippen LogP contribution in [0.2, 0.25) is 0 Å². The highest BCUT2D eigenvalue weighted by molar-refractivity contribution is 9.10. The van der Waals surface area contributed by atoms with Crippen molar-refractivity contribution in [1.29, 1.82) is 0 Å². The summed E-state index contributed by atoms with van der Waals surface area (Å²) in [7, 11) is -3.24. The zero-order valence-corrected chi connectivity index (χ0v) is 13.7. The molecule has 2 aromatic rings. The molecule has 110 valence electrons. The van der Waals surface area contributed by atoms with E-state index in [-0.39, 0.29) is 16.6 Å². The number of amides is 1. The molecular formula is C15H14BrNO3S. The molecule has 1 N–H and O–H groups in total. The predicted molar refractivity (Wildman–Crippen MR) is 86.3 cm³/mol. The molecule has 0 unspecified atom stereocenters. The number of carbonyl (C=O) groups is 1. The average molecular weight is 368 g/mol. The summed E-state index contributed by atoms with van der Waals surface area (Å²) in [6.07, 6.45) is 0. The molecule has 6 heteroatoms. The van der Waals surface area contributed by atoms with Crippen molar-refractivity contribution in [2.45, 2.75) is 11.8 Å². The third kappa shape index (κ3) is 3.92. The van der Waals surface area contributed by atoms with Gasteiger partial charge in [-0.05, 0) is 42.5 Å². The molecule has 0 aliphatic rings. The molecule has 2 aromatic carbocycles. The van der Waals surface area contributed by atoms with Gasteiger partial charge >= 0.3 is 0 Å². The lowest BCUT2D eigenvalue weighted by molar-refractivity contribution is 0.102. The van der Waals surface area contributed by atoms with E-state index >= 15 is 0 Å². The van der Waals surface area contributed by atoms with E-state index in [9.17, 15) is 13.2 Å². The van der Waals surface area contributed by atoms with Crippen LogP contribution in [-0.4, -0.2) is 20.1 Å². The molecule has 21 heavy (non-hydrogen) atoms. The van der Waals surface area contributed by atoms with Crippen molar-refractivity contribution in [1.82, 2.24) is 0 Å². The van der Waals surface area contributed by atoms with Crippen molar-refractivity contribution in [3.05, 3.63) is 58.6 Å². The molecule has 0 heterocycles. The number of hydrogen-bond donors (Lipinski definition) is 1. The van der Waals surface area contributed by atoms with Crippen LogP contribution >= 0.6 is 15.9 Å². The Morgan fingerprint density at radius 2 is 1.81 bits per heavy atom. The summed E-state index contributed by atoms with van der Waals surface area (Å²) in [5.74, 6) is -0.245. The van der Waals surface area contributed by atoms with Gasteiger partial charge in [-0.25, -0.2) is 8.42 Å². The van der Waals surface area contributed by atoms with Crippen LogP contribution in [-0.2, 0) is 9.84 Å². The van der Waals surface area contributed by atoms with Crippen molar-refractivity contribution in [2.24, 2.45) is 0 Å². The second-order valence-corrected chi connectivity index (χ2v) is 7.59. The van der Waals surface area contributed by atoms with Crippen molar-refractivity contribution in [3.63, 3.8) is 0 Å². The standard InChI is InChI=1S/C15H14BrNO3S/c1-2-21(19,20)14-8-6-11(7-9-14)15(18)17-13-5-3-4-12(16)10-13/h3-10H,2H2,1H3,(H,17,18). The van der Waals surface area contributed by atoms with Gasteiger partial charge in [-0.2, -0.15) is 0 Å². The smallest absolute Gasteiger partial charge is 0.255 e. The van der Waals surface area contributed by atoms with E-state index in [0.29, 0.717) is 11.3 Å².